The maximum absolute atomic E-state index is 12.2. The molecule has 0 aliphatic carbocycles. The van der Waals surface area contributed by atoms with Gasteiger partial charge in [0.15, 0.2) is 0 Å². The summed E-state index contributed by atoms with van der Waals surface area (Å²) in [5.74, 6) is 0.221. The van der Waals surface area contributed by atoms with Gasteiger partial charge in [-0.1, -0.05) is 118 Å². The summed E-state index contributed by atoms with van der Waals surface area (Å²) in [7, 11) is 9.22. The van der Waals surface area contributed by atoms with Crippen LogP contribution in [-0.4, -0.2) is 75.8 Å². The maximum Gasteiger partial charge on any atom is 0.219 e. The van der Waals surface area contributed by atoms with Crippen molar-refractivity contribution < 1.29 is 13.8 Å². The minimum atomic E-state index is 0.221. The number of allylic oxidation sites excluding steroid dienone is 2. The third-order valence-corrected chi connectivity index (χ3v) is 9.20. The number of carbonyl (C=O) groups is 1. The minimum absolute atomic E-state index is 0.221. The van der Waals surface area contributed by atoms with E-state index in [1.807, 2.05) is 0 Å². The van der Waals surface area contributed by atoms with Crippen molar-refractivity contribution >= 4 is 5.91 Å². The first-order valence-corrected chi connectivity index (χ1v) is 19.1. The Kier molecular flexibility index (Phi) is 22.1. The minimum Gasteiger partial charge on any atom is -0.356 e. The third kappa shape index (κ3) is 23.5. The number of nitrogens with zero attached hydrogens (tertiary/aromatic N) is 2. The number of benzene rings is 2. The van der Waals surface area contributed by atoms with Gasteiger partial charge >= 0.3 is 0 Å². The van der Waals surface area contributed by atoms with Crippen LogP contribution in [0.3, 0.4) is 0 Å². The van der Waals surface area contributed by atoms with Gasteiger partial charge < -0.3 is 19.6 Å². The fourth-order valence-corrected chi connectivity index (χ4v) is 6.43. The zero-order valence-corrected chi connectivity index (χ0v) is 31.0. The van der Waals surface area contributed by atoms with Gasteiger partial charge in [-0.25, -0.2) is 0 Å². The molecule has 2 N–H and O–H groups in total. The van der Waals surface area contributed by atoms with Crippen LogP contribution in [0.15, 0.2) is 72.8 Å². The lowest BCUT2D eigenvalue weighted by molar-refractivity contribution is -0.903. The quantitative estimate of drug-likeness (QED) is 0.0525. The lowest BCUT2D eigenvalue weighted by atomic mass is 10.1. The van der Waals surface area contributed by atoms with E-state index in [4.69, 9.17) is 0 Å². The Morgan fingerprint density at radius 3 is 1.49 bits per heavy atom. The molecule has 47 heavy (non-hydrogen) atoms. The third-order valence-electron chi connectivity index (χ3n) is 9.20. The Hall–Kier alpha value is -2.47. The van der Waals surface area contributed by atoms with Crippen molar-refractivity contribution in [2.45, 2.75) is 116 Å². The van der Waals surface area contributed by atoms with Crippen molar-refractivity contribution in [1.29, 1.82) is 0 Å². The molecule has 0 aromatic heterocycles. The van der Waals surface area contributed by atoms with Gasteiger partial charge in [-0.15, -0.1) is 0 Å². The first-order chi connectivity index (χ1) is 22.8. The highest BCUT2D eigenvalue weighted by molar-refractivity contribution is 5.75. The molecule has 2 aromatic carbocycles. The van der Waals surface area contributed by atoms with E-state index in [-0.39, 0.29) is 5.91 Å². The molecule has 2 aromatic rings. The maximum atomic E-state index is 12.2. The van der Waals surface area contributed by atoms with E-state index in [9.17, 15) is 4.79 Å². The van der Waals surface area contributed by atoms with Crippen LogP contribution < -0.4 is 10.6 Å². The summed E-state index contributed by atoms with van der Waals surface area (Å²) in [5.41, 5.74) is 2.80. The molecule has 0 aliphatic rings. The van der Waals surface area contributed by atoms with Gasteiger partial charge in [-0.05, 0) is 45.1 Å². The topological polar surface area (TPSA) is 41.1 Å². The van der Waals surface area contributed by atoms with Crippen LogP contribution in [-0.2, 0) is 17.9 Å². The van der Waals surface area contributed by atoms with Gasteiger partial charge in [-0.3, -0.25) is 4.79 Å². The lowest BCUT2D eigenvalue weighted by Gasteiger charge is -2.30. The molecule has 5 heteroatoms. The number of hydrogen-bond donors (Lipinski definition) is 2. The van der Waals surface area contributed by atoms with E-state index >= 15 is 0 Å². The Morgan fingerprint density at radius 1 is 0.532 bits per heavy atom. The van der Waals surface area contributed by atoms with Crippen molar-refractivity contribution in [2.75, 3.05) is 60.9 Å². The van der Waals surface area contributed by atoms with Crippen LogP contribution in [0.2, 0.25) is 0 Å². The molecule has 0 unspecified atom stereocenters. The number of nitrogens with one attached hydrogen (secondary N) is 2. The van der Waals surface area contributed by atoms with Crippen molar-refractivity contribution in [3.05, 3.63) is 83.9 Å². The van der Waals surface area contributed by atoms with Gasteiger partial charge in [0.1, 0.15) is 13.1 Å². The molecule has 264 valence electrons. The van der Waals surface area contributed by atoms with Gasteiger partial charge in [0.25, 0.3) is 0 Å². The molecule has 0 heterocycles. The van der Waals surface area contributed by atoms with E-state index in [0.29, 0.717) is 6.42 Å². The van der Waals surface area contributed by atoms with Crippen LogP contribution in [0.5, 0.6) is 0 Å². The first kappa shape index (κ1) is 40.7. The fraction of sp³-hybridized carbons (Fsp3) is 0.643. The second kappa shape index (κ2) is 25.5. The number of rotatable bonds is 29. The summed E-state index contributed by atoms with van der Waals surface area (Å²) >= 11 is 0. The van der Waals surface area contributed by atoms with Gasteiger partial charge in [0, 0.05) is 43.5 Å². The number of quaternary nitrogens is 2. The Labute approximate surface area is 290 Å². The Morgan fingerprint density at radius 2 is 0.957 bits per heavy atom. The van der Waals surface area contributed by atoms with Gasteiger partial charge in [-0.2, -0.15) is 0 Å². The van der Waals surface area contributed by atoms with Crippen LogP contribution in [0.1, 0.15) is 114 Å². The highest BCUT2D eigenvalue weighted by atomic mass is 16.1. The normalized spacial score (nSPS) is 12.2. The molecule has 0 saturated heterocycles. The molecule has 0 atom stereocenters. The molecule has 0 spiro atoms. The molecule has 0 bridgehead atoms. The molecule has 0 radical (unpaired) electrons. The number of amides is 1. The van der Waals surface area contributed by atoms with Crippen molar-refractivity contribution in [3.8, 4) is 0 Å². The smallest absolute Gasteiger partial charge is 0.219 e. The zero-order valence-electron chi connectivity index (χ0n) is 31.0. The van der Waals surface area contributed by atoms with E-state index in [2.05, 4.69) is 112 Å². The predicted molar refractivity (Wildman–Crippen MR) is 203 cm³/mol. The standard InChI is InChI=1S/C42H71N4O/c1-45(2,38-40-28-20-18-21-29-40)36-26-34-43-33-25-17-15-13-11-9-7-5-6-8-10-12-14-16-24-32-42(47)44-35-27-37-46(3,4)39-41-30-22-19-23-31-41/h5-6,18-23,28-31,43H,7-17,24-27,32-39H2,1-4H3/q+1/p+1. The zero-order chi connectivity index (χ0) is 33.9. The average Bonchev–Trinajstić information content (AvgIpc) is 3.04. The number of hydrogen-bond acceptors (Lipinski definition) is 2. The molecule has 0 aliphatic heterocycles. The summed E-state index contributed by atoms with van der Waals surface area (Å²) in [6.07, 6.45) is 24.3. The number of unbranched alkanes of at least 4 members (excludes halogenated alkanes) is 11. The van der Waals surface area contributed by atoms with E-state index < -0.39 is 0 Å². The van der Waals surface area contributed by atoms with E-state index in [1.54, 1.807) is 0 Å². The molecule has 0 fully saturated rings. The molecule has 2 rings (SSSR count). The largest absolute Gasteiger partial charge is 0.356 e. The molecule has 1 amide bonds. The fourth-order valence-electron chi connectivity index (χ4n) is 6.43. The summed E-state index contributed by atoms with van der Waals surface area (Å²) in [6, 6.07) is 21.5. The summed E-state index contributed by atoms with van der Waals surface area (Å²) in [5, 5.41) is 6.79. The lowest BCUT2D eigenvalue weighted by Crippen LogP contribution is -2.41. The highest BCUT2D eigenvalue weighted by Gasteiger charge is 2.16. The summed E-state index contributed by atoms with van der Waals surface area (Å²) < 4.78 is 2.00. The van der Waals surface area contributed by atoms with Crippen molar-refractivity contribution in [1.82, 2.24) is 10.6 Å². The highest BCUT2D eigenvalue weighted by Crippen LogP contribution is 2.12. The molecular formula is C42H72N4O+2. The van der Waals surface area contributed by atoms with Crippen molar-refractivity contribution in [2.24, 2.45) is 0 Å². The van der Waals surface area contributed by atoms with Gasteiger partial charge in [0.05, 0.1) is 41.3 Å². The second-order valence-corrected chi connectivity index (χ2v) is 15.1. The van der Waals surface area contributed by atoms with Crippen LogP contribution in [0, 0.1) is 0 Å². The Balaban J connectivity index is 1.27. The summed E-state index contributed by atoms with van der Waals surface area (Å²) in [6.45, 7) is 7.50. The SMILES string of the molecule is C[N+](C)(CCCNCCCCCCCCC=CCCCCCCCC(=O)NCCC[N+](C)(C)Cc1ccccc1)Cc1ccccc1. The predicted octanol–water partition coefficient (Wildman–Crippen LogP) is 9.04. The molecular weight excluding hydrogens is 576 g/mol. The first-order valence-electron chi connectivity index (χ1n) is 19.1. The monoisotopic (exact) mass is 649 g/mol. The van der Waals surface area contributed by atoms with Crippen molar-refractivity contribution in [3.63, 3.8) is 0 Å². The molecule has 0 saturated carbocycles. The molecule has 5 nitrogen and oxygen atoms in total. The number of carbonyl (C=O) groups excluding carboxylic acids is 1. The van der Waals surface area contributed by atoms with E-state index in [1.165, 1.54) is 108 Å². The van der Waals surface area contributed by atoms with Gasteiger partial charge in [0.2, 0.25) is 5.91 Å². The van der Waals surface area contributed by atoms with E-state index in [0.717, 1.165) is 54.5 Å². The summed E-state index contributed by atoms with van der Waals surface area (Å²) in [4.78, 5) is 12.2. The Bertz CT molecular complexity index is 1050. The van der Waals surface area contributed by atoms with Crippen LogP contribution >= 0.6 is 0 Å². The average molecular weight is 649 g/mol. The second-order valence-electron chi connectivity index (χ2n) is 15.1. The van der Waals surface area contributed by atoms with Crippen LogP contribution in [0.25, 0.3) is 0 Å². The van der Waals surface area contributed by atoms with Crippen LogP contribution in [0.4, 0.5) is 0 Å².